The van der Waals surface area contributed by atoms with Crippen LogP contribution < -0.4 is 10.2 Å². The lowest BCUT2D eigenvalue weighted by Crippen LogP contribution is -2.32. The summed E-state index contributed by atoms with van der Waals surface area (Å²) >= 11 is 7.32. The number of fused-ring (bicyclic) bond motifs is 1. The highest BCUT2D eigenvalue weighted by Crippen LogP contribution is 2.39. The molecule has 0 unspecified atom stereocenters. The Labute approximate surface area is 220 Å². The van der Waals surface area contributed by atoms with Crippen LogP contribution in [0.15, 0.2) is 106 Å². The number of nitrogens with zero attached hydrogens (tertiary/aromatic N) is 1. The van der Waals surface area contributed by atoms with Crippen molar-refractivity contribution < 1.29 is 9.59 Å². The molecule has 0 saturated heterocycles. The second-order valence-electron chi connectivity index (χ2n) is 8.63. The quantitative estimate of drug-likeness (QED) is 0.244. The maximum Gasteiger partial charge on any atom is 0.283 e. The number of anilines is 2. The first-order valence-electron chi connectivity index (χ1n) is 12.0. The Balaban J connectivity index is 1.53. The van der Waals surface area contributed by atoms with Gasteiger partial charge in [-0.25, -0.2) is 4.90 Å². The molecule has 36 heavy (non-hydrogen) atoms. The van der Waals surface area contributed by atoms with Crippen molar-refractivity contribution in [3.63, 3.8) is 0 Å². The lowest BCUT2D eigenvalue weighted by molar-refractivity contribution is -0.120. The van der Waals surface area contributed by atoms with Gasteiger partial charge in [-0.15, -0.1) is 0 Å². The summed E-state index contributed by atoms with van der Waals surface area (Å²) in [4.78, 5) is 29.8. The zero-order valence-corrected chi connectivity index (χ0v) is 21.4. The Morgan fingerprint density at radius 2 is 1.56 bits per heavy atom. The summed E-state index contributed by atoms with van der Waals surface area (Å²) in [6, 6.07) is 28.8. The maximum atomic E-state index is 13.7. The molecule has 0 radical (unpaired) electrons. The molecule has 4 aromatic carbocycles. The van der Waals surface area contributed by atoms with Crippen LogP contribution in [-0.2, 0) is 16.0 Å². The van der Waals surface area contributed by atoms with E-state index in [1.54, 1.807) is 12.1 Å². The summed E-state index contributed by atoms with van der Waals surface area (Å²) in [7, 11) is 0. The number of imide groups is 1. The summed E-state index contributed by atoms with van der Waals surface area (Å²) in [6.07, 6.45) is 3.19. The van der Waals surface area contributed by atoms with Crippen molar-refractivity contribution in [2.45, 2.75) is 31.1 Å². The van der Waals surface area contributed by atoms with Crippen molar-refractivity contribution >= 4 is 57.3 Å². The fourth-order valence-electron chi connectivity index (χ4n) is 4.23. The van der Waals surface area contributed by atoms with Crippen molar-refractivity contribution in [1.82, 2.24) is 0 Å². The Morgan fingerprint density at radius 3 is 2.31 bits per heavy atom. The number of halogens is 1. The van der Waals surface area contributed by atoms with Crippen molar-refractivity contribution in [2.75, 3.05) is 10.2 Å². The summed E-state index contributed by atoms with van der Waals surface area (Å²) in [5, 5.41) is 5.94. The number of hydrogen-bond acceptors (Lipinski definition) is 4. The minimum Gasteiger partial charge on any atom is -0.349 e. The second kappa shape index (κ2) is 10.6. The van der Waals surface area contributed by atoms with Crippen LogP contribution in [0.2, 0.25) is 5.02 Å². The first-order chi connectivity index (χ1) is 17.5. The Kier molecular flexibility index (Phi) is 7.12. The van der Waals surface area contributed by atoms with Gasteiger partial charge in [0.05, 0.1) is 5.69 Å². The van der Waals surface area contributed by atoms with E-state index in [0.29, 0.717) is 15.6 Å². The van der Waals surface area contributed by atoms with Gasteiger partial charge < -0.3 is 5.32 Å². The maximum absolute atomic E-state index is 13.7. The predicted octanol–water partition coefficient (Wildman–Crippen LogP) is 7.83. The number of hydrogen-bond donors (Lipinski definition) is 1. The van der Waals surface area contributed by atoms with Crippen molar-refractivity contribution in [2.24, 2.45) is 0 Å². The molecule has 1 aliphatic rings. The van der Waals surface area contributed by atoms with Gasteiger partial charge in [0.1, 0.15) is 10.6 Å². The highest BCUT2D eigenvalue weighted by atomic mass is 35.5. The smallest absolute Gasteiger partial charge is 0.283 e. The van der Waals surface area contributed by atoms with E-state index < -0.39 is 0 Å². The SMILES string of the molecule is CCCCc1ccc(N2C(=O)C(Nc3cccc4ccccc34)=C(Sc3ccc(Cl)cc3)C2=O)cc1. The van der Waals surface area contributed by atoms with Gasteiger partial charge in [-0.3, -0.25) is 9.59 Å². The standard InChI is InChI=1S/C30H25ClN2O2S/c1-2-3-7-20-12-16-23(17-13-20)33-29(34)27(28(30(33)35)36-24-18-14-22(31)15-19-24)32-26-11-6-9-21-8-4-5-10-25(21)26/h4-6,8-19,32H,2-3,7H2,1H3. The molecular formula is C30H25ClN2O2S. The molecular weight excluding hydrogens is 488 g/mol. The molecule has 1 N–H and O–H groups in total. The number of thioether (sulfide) groups is 1. The Morgan fingerprint density at radius 1 is 0.833 bits per heavy atom. The zero-order chi connectivity index (χ0) is 25.1. The normalized spacial score (nSPS) is 13.7. The minimum absolute atomic E-state index is 0.270. The monoisotopic (exact) mass is 512 g/mol. The molecule has 0 bridgehead atoms. The van der Waals surface area contributed by atoms with Crippen LogP contribution in [0.25, 0.3) is 10.8 Å². The van der Waals surface area contributed by atoms with Gasteiger partial charge in [-0.1, -0.05) is 85.2 Å². The van der Waals surface area contributed by atoms with Crippen molar-refractivity contribution in [3.05, 3.63) is 112 Å². The third-order valence-corrected chi connectivity index (χ3v) is 7.48. The molecule has 4 aromatic rings. The van der Waals surface area contributed by atoms with Crippen molar-refractivity contribution in [3.8, 4) is 0 Å². The summed E-state index contributed by atoms with van der Waals surface area (Å²) < 4.78 is 0. The molecule has 4 nitrogen and oxygen atoms in total. The largest absolute Gasteiger partial charge is 0.349 e. The lowest BCUT2D eigenvalue weighted by atomic mass is 10.1. The third kappa shape index (κ3) is 4.90. The molecule has 0 aliphatic carbocycles. The zero-order valence-electron chi connectivity index (χ0n) is 19.8. The molecule has 1 heterocycles. The van der Waals surface area contributed by atoms with E-state index in [4.69, 9.17) is 11.6 Å². The third-order valence-electron chi connectivity index (χ3n) is 6.14. The number of aryl methyl sites for hydroxylation is 1. The Hall–Kier alpha value is -3.54. The minimum atomic E-state index is -0.370. The average molecular weight is 513 g/mol. The molecule has 180 valence electrons. The van der Waals surface area contributed by atoms with E-state index in [1.165, 1.54) is 22.2 Å². The number of benzene rings is 4. The van der Waals surface area contributed by atoms with Gasteiger partial charge >= 0.3 is 0 Å². The number of nitrogens with one attached hydrogen (secondary N) is 1. The van der Waals surface area contributed by atoms with E-state index in [0.717, 1.165) is 40.6 Å². The predicted molar refractivity (Wildman–Crippen MR) is 149 cm³/mol. The highest BCUT2D eigenvalue weighted by Gasteiger charge is 2.40. The van der Waals surface area contributed by atoms with Crippen LogP contribution in [0, 0.1) is 0 Å². The van der Waals surface area contributed by atoms with Gasteiger partial charge in [0, 0.05) is 21.0 Å². The summed E-state index contributed by atoms with van der Waals surface area (Å²) in [5.41, 5.74) is 2.80. The fourth-order valence-corrected chi connectivity index (χ4v) is 5.28. The summed E-state index contributed by atoms with van der Waals surface area (Å²) in [6.45, 7) is 2.16. The fraction of sp³-hybridized carbons (Fsp3) is 0.133. The van der Waals surface area contributed by atoms with E-state index in [-0.39, 0.29) is 17.5 Å². The molecule has 0 aromatic heterocycles. The van der Waals surface area contributed by atoms with Gasteiger partial charge in [-0.05, 0) is 66.3 Å². The van der Waals surface area contributed by atoms with Crippen LogP contribution in [0.3, 0.4) is 0 Å². The number of rotatable bonds is 8. The van der Waals surface area contributed by atoms with E-state index >= 15 is 0 Å². The number of carbonyl (C=O) groups excluding carboxylic acids is 2. The number of amides is 2. The van der Waals surface area contributed by atoms with Crippen LogP contribution >= 0.6 is 23.4 Å². The van der Waals surface area contributed by atoms with Crippen LogP contribution in [0.5, 0.6) is 0 Å². The Bertz CT molecular complexity index is 1460. The number of carbonyl (C=O) groups is 2. The topological polar surface area (TPSA) is 49.4 Å². The number of unbranched alkanes of at least 4 members (excludes halogenated alkanes) is 1. The molecule has 2 amide bonds. The molecule has 6 heteroatoms. The van der Waals surface area contributed by atoms with Crippen LogP contribution in [0.1, 0.15) is 25.3 Å². The van der Waals surface area contributed by atoms with Gasteiger partial charge in [0.15, 0.2) is 0 Å². The van der Waals surface area contributed by atoms with Crippen molar-refractivity contribution in [1.29, 1.82) is 0 Å². The van der Waals surface area contributed by atoms with Crippen LogP contribution in [-0.4, -0.2) is 11.8 Å². The van der Waals surface area contributed by atoms with Crippen LogP contribution in [0.4, 0.5) is 11.4 Å². The summed E-state index contributed by atoms with van der Waals surface area (Å²) in [5.74, 6) is -0.713. The van der Waals surface area contributed by atoms with E-state index in [1.807, 2.05) is 78.9 Å². The second-order valence-corrected chi connectivity index (χ2v) is 10.1. The van der Waals surface area contributed by atoms with Gasteiger partial charge in [-0.2, -0.15) is 0 Å². The van der Waals surface area contributed by atoms with E-state index in [9.17, 15) is 9.59 Å². The molecule has 0 atom stereocenters. The molecule has 0 saturated carbocycles. The first-order valence-corrected chi connectivity index (χ1v) is 13.1. The van der Waals surface area contributed by atoms with Gasteiger partial charge in [0.25, 0.3) is 11.8 Å². The lowest BCUT2D eigenvalue weighted by Gasteiger charge is -2.16. The highest BCUT2D eigenvalue weighted by molar-refractivity contribution is 8.04. The molecule has 0 fully saturated rings. The molecule has 5 rings (SSSR count). The first kappa shape index (κ1) is 24.2. The average Bonchev–Trinajstić information content (AvgIpc) is 3.13. The van der Waals surface area contributed by atoms with E-state index in [2.05, 4.69) is 12.2 Å². The molecule has 0 spiro atoms. The van der Waals surface area contributed by atoms with Gasteiger partial charge in [0.2, 0.25) is 0 Å². The molecule has 1 aliphatic heterocycles.